The van der Waals surface area contributed by atoms with Crippen LogP contribution in [-0.2, 0) is 30.1 Å². The number of benzene rings is 4. The highest BCUT2D eigenvalue weighted by atomic mass is 35.5. The minimum Gasteiger partial charge on any atom is -0.505 e. The number of rotatable bonds is 12. The SMILES string of the molecule is C=CCS(=O)(=O)c1ccc(N=Nc2c(SO)cc3cc(S(=O)(=O)O)c(N=Nc4cc(Nc5nc(Cl)nc(Cl)n5)ccc4S(=O)(=O)O)c(O)c3c2N)cc1. The van der Waals surface area contributed by atoms with Crippen molar-refractivity contribution in [2.75, 3.05) is 16.8 Å². The van der Waals surface area contributed by atoms with E-state index in [1.54, 1.807) is 0 Å². The number of phenolic OH excluding ortho intramolecular Hbond substituents is 1. The summed E-state index contributed by atoms with van der Waals surface area (Å²) in [6.45, 7) is 3.42. The fourth-order valence-corrected chi connectivity index (χ4v) is 7.66. The van der Waals surface area contributed by atoms with Crippen molar-refractivity contribution in [1.82, 2.24) is 15.0 Å². The number of nitrogens with one attached hydrogen (secondary N) is 1. The summed E-state index contributed by atoms with van der Waals surface area (Å²) in [5.41, 5.74) is 4.40. The molecule has 0 atom stereocenters. The molecule has 0 aliphatic heterocycles. The van der Waals surface area contributed by atoms with Crippen LogP contribution < -0.4 is 11.1 Å². The quantitative estimate of drug-likeness (QED) is 0.0237. The van der Waals surface area contributed by atoms with Crippen molar-refractivity contribution >= 4 is 116 Å². The minimum absolute atomic E-state index is 0.00119. The number of nitrogen functional groups attached to an aromatic ring is 1. The highest BCUT2D eigenvalue weighted by Crippen LogP contribution is 2.49. The van der Waals surface area contributed by atoms with Crippen LogP contribution in [0.25, 0.3) is 10.8 Å². The Kier molecular flexibility index (Phi) is 11.3. The van der Waals surface area contributed by atoms with Gasteiger partial charge < -0.3 is 20.7 Å². The van der Waals surface area contributed by atoms with Crippen LogP contribution in [0.15, 0.2) is 107 Å². The number of sulfone groups is 1. The van der Waals surface area contributed by atoms with Crippen molar-refractivity contribution in [2.24, 2.45) is 20.5 Å². The van der Waals surface area contributed by atoms with E-state index in [1.165, 1.54) is 30.3 Å². The summed E-state index contributed by atoms with van der Waals surface area (Å²) in [4.78, 5) is 9.30. The van der Waals surface area contributed by atoms with E-state index in [0.717, 1.165) is 30.3 Å². The molecule has 0 aliphatic carbocycles. The molecule has 19 nitrogen and oxygen atoms in total. The lowest BCUT2D eigenvalue weighted by molar-refractivity contribution is 0.472. The summed E-state index contributed by atoms with van der Waals surface area (Å²) >= 11 is 11.7. The van der Waals surface area contributed by atoms with Gasteiger partial charge in [-0.2, -0.15) is 36.9 Å². The van der Waals surface area contributed by atoms with Gasteiger partial charge in [0.2, 0.25) is 16.5 Å². The largest absolute Gasteiger partial charge is 0.505 e. The number of hydrogen-bond donors (Lipinski definition) is 6. The van der Waals surface area contributed by atoms with E-state index in [4.69, 9.17) is 28.9 Å². The summed E-state index contributed by atoms with van der Waals surface area (Å²) < 4.78 is 104. The Morgan fingerprint density at radius 2 is 1.45 bits per heavy atom. The molecule has 0 aliphatic rings. The summed E-state index contributed by atoms with van der Waals surface area (Å²) in [7, 11) is -13.8. The molecule has 1 aromatic heterocycles. The first-order valence-electron chi connectivity index (χ1n) is 14.0. The molecule has 0 radical (unpaired) electrons. The van der Waals surface area contributed by atoms with Crippen molar-refractivity contribution < 1.29 is 44.0 Å². The molecule has 0 fully saturated rings. The molecular weight excluding hydrogens is 822 g/mol. The number of halogens is 2. The topological polar surface area (TPSA) is 310 Å². The first-order valence-corrected chi connectivity index (χ1v) is 20.0. The molecular formula is C28H21Cl2N9O10S4. The zero-order chi connectivity index (χ0) is 38.9. The first-order chi connectivity index (χ1) is 24.8. The lowest BCUT2D eigenvalue weighted by Crippen LogP contribution is -2.03. The van der Waals surface area contributed by atoms with E-state index in [0.29, 0.717) is 0 Å². The maximum absolute atomic E-state index is 12.5. The Morgan fingerprint density at radius 1 is 0.830 bits per heavy atom. The Labute approximate surface area is 314 Å². The van der Waals surface area contributed by atoms with Gasteiger partial charge in [0.25, 0.3) is 20.2 Å². The Bertz CT molecular complexity index is 2680. The highest BCUT2D eigenvalue weighted by Gasteiger charge is 2.26. The van der Waals surface area contributed by atoms with Crippen LogP contribution in [0.4, 0.5) is 40.1 Å². The van der Waals surface area contributed by atoms with Crippen LogP contribution >= 0.6 is 35.2 Å². The molecule has 7 N–H and O–H groups in total. The van der Waals surface area contributed by atoms with E-state index >= 15 is 0 Å². The van der Waals surface area contributed by atoms with Crippen molar-refractivity contribution in [3.63, 3.8) is 0 Å². The van der Waals surface area contributed by atoms with Crippen LogP contribution in [0.3, 0.4) is 0 Å². The number of phenols is 1. The van der Waals surface area contributed by atoms with Gasteiger partial charge in [-0.05, 0) is 83.2 Å². The fraction of sp³-hybridized carbons (Fsp3) is 0.0357. The number of hydrogen-bond acceptors (Lipinski definition) is 18. The van der Waals surface area contributed by atoms with Gasteiger partial charge >= 0.3 is 0 Å². The number of aromatic nitrogens is 3. The summed E-state index contributed by atoms with van der Waals surface area (Å²) in [5.74, 6) is -1.46. The molecule has 0 bridgehead atoms. The predicted molar refractivity (Wildman–Crippen MR) is 195 cm³/mol. The smallest absolute Gasteiger partial charge is 0.296 e. The molecule has 0 amide bonds. The first kappa shape index (κ1) is 39.4. The normalized spacial score (nSPS) is 12.5. The Morgan fingerprint density at radius 3 is 2.04 bits per heavy atom. The molecule has 4 aromatic carbocycles. The van der Waals surface area contributed by atoms with E-state index in [9.17, 15) is 44.0 Å². The third kappa shape index (κ3) is 8.86. The van der Waals surface area contributed by atoms with Gasteiger partial charge in [0.1, 0.15) is 26.9 Å². The van der Waals surface area contributed by atoms with Gasteiger partial charge in [0, 0.05) is 17.7 Å². The average Bonchev–Trinajstić information content (AvgIpc) is 3.05. The number of aromatic hydroxyl groups is 1. The summed E-state index contributed by atoms with van der Waals surface area (Å²) in [6.07, 6.45) is 1.24. The van der Waals surface area contributed by atoms with Crippen molar-refractivity contribution in [2.45, 2.75) is 19.6 Å². The van der Waals surface area contributed by atoms with Crippen LogP contribution in [0.2, 0.25) is 10.6 Å². The average molecular weight is 843 g/mol. The van der Waals surface area contributed by atoms with E-state index in [2.05, 4.69) is 47.3 Å². The second-order valence-corrected chi connectivity index (χ2v) is 16.4. The van der Waals surface area contributed by atoms with E-state index in [-0.39, 0.29) is 77.6 Å². The zero-order valence-electron chi connectivity index (χ0n) is 26.0. The van der Waals surface area contributed by atoms with Gasteiger partial charge in [-0.3, -0.25) is 9.11 Å². The second-order valence-electron chi connectivity index (χ2n) is 10.3. The van der Waals surface area contributed by atoms with Crippen LogP contribution in [0.1, 0.15) is 0 Å². The predicted octanol–water partition coefficient (Wildman–Crippen LogP) is 7.21. The summed E-state index contributed by atoms with van der Waals surface area (Å²) in [6, 6.07) is 10.3. The van der Waals surface area contributed by atoms with Crippen LogP contribution in [0, 0.1) is 0 Å². The van der Waals surface area contributed by atoms with Gasteiger partial charge in [-0.15, -0.1) is 21.9 Å². The molecule has 53 heavy (non-hydrogen) atoms. The molecule has 0 saturated heterocycles. The second kappa shape index (κ2) is 15.2. The third-order valence-corrected chi connectivity index (χ3v) is 11.1. The molecule has 25 heteroatoms. The fourth-order valence-electron chi connectivity index (χ4n) is 4.56. The molecule has 5 rings (SSSR count). The van der Waals surface area contributed by atoms with Gasteiger partial charge in [-0.25, -0.2) is 8.42 Å². The monoisotopic (exact) mass is 841 g/mol. The minimum atomic E-state index is -5.20. The standard InChI is InChI=1S/C28H21Cl2N9O10S4/c1-2-9-51(42,43)16-6-3-14(4-7-16)36-38-23-18(50-41)10-13-11-20(53(47,48)49)24(25(40)21(13)22(23)31)39-37-17-12-15(5-8-19(17)52(44,45)46)32-28-34-26(29)33-27(30)35-28/h2-8,10-12,40-41H,1,9,31H2,(H,44,45,46)(H,47,48,49)(H,32,33,34,35). The van der Waals surface area contributed by atoms with Crippen molar-refractivity contribution in [1.29, 1.82) is 0 Å². The van der Waals surface area contributed by atoms with E-state index in [1.807, 2.05) is 0 Å². The van der Waals surface area contributed by atoms with Crippen LogP contribution in [-0.4, -0.2) is 64.7 Å². The van der Waals surface area contributed by atoms with Crippen molar-refractivity contribution in [3.05, 3.63) is 77.8 Å². The van der Waals surface area contributed by atoms with Gasteiger partial charge in [0.15, 0.2) is 15.6 Å². The molecule has 0 saturated carbocycles. The van der Waals surface area contributed by atoms with E-state index < -0.39 is 57.0 Å². The van der Waals surface area contributed by atoms with Crippen molar-refractivity contribution in [3.8, 4) is 5.75 Å². The molecule has 0 unspecified atom stereocenters. The number of azo groups is 2. The lowest BCUT2D eigenvalue weighted by atomic mass is 10.1. The molecule has 0 spiro atoms. The number of fused-ring (bicyclic) bond motifs is 1. The number of nitrogens with two attached hydrogens (primary N) is 1. The van der Waals surface area contributed by atoms with Crippen LogP contribution in [0.5, 0.6) is 5.75 Å². The molecule has 5 aromatic rings. The Hall–Kier alpha value is -4.85. The third-order valence-electron chi connectivity index (χ3n) is 6.82. The van der Waals surface area contributed by atoms with Gasteiger partial charge in [0.05, 0.1) is 32.3 Å². The molecule has 1 heterocycles. The van der Waals surface area contributed by atoms with Gasteiger partial charge in [-0.1, -0.05) is 6.08 Å². The Balaban J connectivity index is 1.64. The molecule has 276 valence electrons. The number of nitrogens with zero attached hydrogens (tertiary/aromatic N) is 7. The number of anilines is 3. The lowest BCUT2D eigenvalue weighted by Gasteiger charge is -2.14. The maximum atomic E-state index is 12.5. The summed E-state index contributed by atoms with van der Waals surface area (Å²) in [5, 5.41) is 28.5. The highest BCUT2D eigenvalue weighted by molar-refractivity contribution is 7.94. The zero-order valence-corrected chi connectivity index (χ0v) is 30.8. The maximum Gasteiger partial charge on any atom is 0.296 e.